The van der Waals surface area contributed by atoms with Gasteiger partial charge in [-0.15, -0.1) is 0 Å². The van der Waals surface area contributed by atoms with Gasteiger partial charge in [-0.3, -0.25) is 9.69 Å². The highest BCUT2D eigenvalue weighted by Crippen LogP contribution is 2.31. The summed E-state index contributed by atoms with van der Waals surface area (Å²) >= 11 is 0. The van der Waals surface area contributed by atoms with Crippen LogP contribution in [0.4, 0.5) is 5.69 Å². The molecule has 0 unspecified atom stereocenters. The monoisotopic (exact) mass is 414 g/mol. The number of ether oxygens (including phenoxy) is 3. The molecule has 6 heteroatoms. The molecule has 0 atom stereocenters. The molecule has 0 saturated carbocycles. The third kappa shape index (κ3) is 4.00. The van der Waals surface area contributed by atoms with E-state index in [1.165, 1.54) is 0 Å². The van der Waals surface area contributed by atoms with E-state index in [0.717, 1.165) is 16.9 Å². The van der Waals surface area contributed by atoms with Crippen molar-refractivity contribution >= 4 is 23.5 Å². The predicted octanol–water partition coefficient (Wildman–Crippen LogP) is 4.55. The second-order valence-electron chi connectivity index (χ2n) is 6.78. The molecular weight excluding hydrogens is 392 g/mol. The Balaban J connectivity index is 1.78. The van der Waals surface area contributed by atoms with Crippen molar-refractivity contribution < 1.29 is 19.0 Å². The fourth-order valence-corrected chi connectivity index (χ4v) is 3.37. The molecule has 1 heterocycles. The van der Waals surface area contributed by atoms with Gasteiger partial charge < -0.3 is 14.2 Å². The van der Waals surface area contributed by atoms with Crippen LogP contribution in [-0.4, -0.2) is 33.1 Å². The topological polar surface area (TPSA) is 60.4 Å². The highest BCUT2D eigenvalue weighted by molar-refractivity contribution is 6.33. The normalized spacial score (nSPS) is 14.5. The number of aliphatic imine (C=N–C) groups is 1. The lowest BCUT2D eigenvalue weighted by atomic mass is 10.1. The first kappa shape index (κ1) is 20.2. The molecule has 31 heavy (non-hydrogen) atoms. The maximum Gasteiger partial charge on any atom is 0.282 e. The van der Waals surface area contributed by atoms with E-state index in [-0.39, 0.29) is 5.91 Å². The summed E-state index contributed by atoms with van der Waals surface area (Å²) in [5.74, 6) is 2.29. The number of hydrogen-bond acceptors (Lipinski definition) is 5. The molecule has 0 bridgehead atoms. The number of amides is 1. The second kappa shape index (κ2) is 8.75. The van der Waals surface area contributed by atoms with Crippen LogP contribution in [0.2, 0.25) is 0 Å². The fourth-order valence-electron chi connectivity index (χ4n) is 3.37. The highest BCUT2D eigenvalue weighted by atomic mass is 16.5. The summed E-state index contributed by atoms with van der Waals surface area (Å²) in [4.78, 5) is 19.7. The number of anilines is 1. The number of hydrogen-bond donors (Lipinski definition) is 0. The van der Waals surface area contributed by atoms with E-state index in [0.29, 0.717) is 28.7 Å². The van der Waals surface area contributed by atoms with Crippen molar-refractivity contribution in [2.75, 3.05) is 26.2 Å². The number of methoxy groups -OCH3 is 3. The third-order valence-electron chi connectivity index (χ3n) is 4.93. The van der Waals surface area contributed by atoms with Gasteiger partial charge in [0.15, 0.2) is 11.5 Å². The molecule has 0 saturated heterocycles. The molecule has 1 aliphatic rings. The summed E-state index contributed by atoms with van der Waals surface area (Å²) in [5.41, 5.74) is 2.68. The van der Waals surface area contributed by atoms with Gasteiger partial charge in [0.05, 0.1) is 27.0 Å². The third-order valence-corrected chi connectivity index (χ3v) is 4.93. The van der Waals surface area contributed by atoms with Crippen molar-refractivity contribution in [2.45, 2.75) is 0 Å². The molecule has 3 aromatic rings. The average Bonchev–Trinajstić information content (AvgIpc) is 3.15. The molecule has 4 rings (SSSR count). The quantitative estimate of drug-likeness (QED) is 0.556. The number of benzene rings is 3. The summed E-state index contributed by atoms with van der Waals surface area (Å²) in [6, 6.07) is 22.4. The number of amidine groups is 1. The molecule has 0 N–H and O–H groups in total. The molecule has 1 amide bonds. The van der Waals surface area contributed by atoms with Crippen LogP contribution in [0.3, 0.4) is 0 Å². The molecule has 6 nitrogen and oxygen atoms in total. The number of rotatable bonds is 6. The van der Waals surface area contributed by atoms with Crippen molar-refractivity contribution in [2.24, 2.45) is 4.99 Å². The lowest BCUT2D eigenvalue weighted by Gasteiger charge is -2.18. The summed E-state index contributed by atoms with van der Waals surface area (Å²) in [6.07, 6.45) is 1.75. The van der Waals surface area contributed by atoms with Gasteiger partial charge in [-0.1, -0.05) is 36.4 Å². The van der Waals surface area contributed by atoms with Gasteiger partial charge in [-0.25, -0.2) is 4.99 Å². The molecule has 156 valence electrons. The summed E-state index contributed by atoms with van der Waals surface area (Å²) in [5, 5.41) is 0. The first-order valence-corrected chi connectivity index (χ1v) is 9.71. The van der Waals surface area contributed by atoms with Gasteiger partial charge in [0.25, 0.3) is 5.91 Å². The van der Waals surface area contributed by atoms with E-state index in [1.54, 1.807) is 38.4 Å². The number of carbonyl (C=O) groups excluding carboxylic acids is 1. The predicted molar refractivity (Wildman–Crippen MR) is 121 cm³/mol. The summed E-state index contributed by atoms with van der Waals surface area (Å²) < 4.78 is 15.9. The Morgan fingerprint density at radius 3 is 2.16 bits per heavy atom. The Morgan fingerprint density at radius 2 is 1.52 bits per heavy atom. The van der Waals surface area contributed by atoms with Gasteiger partial charge in [-0.05, 0) is 48.0 Å². The number of carbonyl (C=O) groups is 1. The largest absolute Gasteiger partial charge is 0.497 e. The second-order valence-corrected chi connectivity index (χ2v) is 6.78. The van der Waals surface area contributed by atoms with Gasteiger partial charge >= 0.3 is 0 Å². The van der Waals surface area contributed by atoms with Crippen LogP contribution in [0.1, 0.15) is 11.1 Å². The SMILES string of the molecule is COc1ccc(N2C(=O)/C(=C/c3ccc(OC)c(OC)c3)N=C2c2ccccc2)cc1. The lowest BCUT2D eigenvalue weighted by molar-refractivity contribution is -0.113. The molecule has 1 aliphatic heterocycles. The van der Waals surface area contributed by atoms with Crippen LogP contribution in [0.25, 0.3) is 6.08 Å². The van der Waals surface area contributed by atoms with Crippen LogP contribution in [0.5, 0.6) is 17.2 Å². The van der Waals surface area contributed by atoms with Crippen LogP contribution < -0.4 is 19.1 Å². The maximum absolute atomic E-state index is 13.4. The smallest absolute Gasteiger partial charge is 0.282 e. The summed E-state index contributed by atoms with van der Waals surface area (Å²) in [6.45, 7) is 0. The first-order chi connectivity index (χ1) is 15.1. The van der Waals surface area contributed by atoms with E-state index in [1.807, 2.05) is 66.7 Å². The Hall–Kier alpha value is -4.06. The molecule has 0 aromatic heterocycles. The van der Waals surface area contributed by atoms with Crippen LogP contribution >= 0.6 is 0 Å². The van der Waals surface area contributed by atoms with Crippen molar-refractivity contribution in [3.63, 3.8) is 0 Å². The minimum Gasteiger partial charge on any atom is -0.497 e. The fraction of sp³-hybridized carbons (Fsp3) is 0.120. The zero-order chi connectivity index (χ0) is 21.8. The Morgan fingerprint density at radius 1 is 0.806 bits per heavy atom. The van der Waals surface area contributed by atoms with Gasteiger partial charge in [0.1, 0.15) is 17.3 Å². The molecule has 0 radical (unpaired) electrons. The first-order valence-electron chi connectivity index (χ1n) is 9.71. The Bertz CT molecular complexity index is 1150. The Labute approximate surface area is 181 Å². The molecule has 0 aliphatic carbocycles. The lowest BCUT2D eigenvalue weighted by Crippen LogP contribution is -2.32. The maximum atomic E-state index is 13.4. The molecule has 0 fully saturated rings. The zero-order valence-electron chi connectivity index (χ0n) is 17.5. The van der Waals surface area contributed by atoms with Crippen LogP contribution in [0, 0.1) is 0 Å². The van der Waals surface area contributed by atoms with Gasteiger partial charge in [-0.2, -0.15) is 0 Å². The number of nitrogens with zero attached hydrogens (tertiary/aromatic N) is 2. The molecule has 3 aromatic carbocycles. The molecular formula is C25H22N2O4. The molecule has 0 spiro atoms. The summed E-state index contributed by atoms with van der Waals surface area (Å²) in [7, 11) is 4.77. The van der Waals surface area contributed by atoms with Crippen molar-refractivity contribution in [3.05, 3.63) is 89.6 Å². The van der Waals surface area contributed by atoms with E-state index in [2.05, 4.69) is 4.99 Å². The van der Waals surface area contributed by atoms with E-state index in [4.69, 9.17) is 14.2 Å². The average molecular weight is 414 g/mol. The van der Waals surface area contributed by atoms with E-state index < -0.39 is 0 Å². The van der Waals surface area contributed by atoms with Crippen molar-refractivity contribution in [1.29, 1.82) is 0 Å². The Kier molecular flexibility index (Phi) is 5.71. The van der Waals surface area contributed by atoms with E-state index >= 15 is 0 Å². The van der Waals surface area contributed by atoms with Gasteiger partial charge in [0, 0.05) is 5.56 Å². The van der Waals surface area contributed by atoms with Crippen LogP contribution in [0.15, 0.2) is 83.5 Å². The van der Waals surface area contributed by atoms with Gasteiger partial charge in [0.2, 0.25) is 0 Å². The zero-order valence-corrected chi connectivity index (χ0v) is 17.5. The standard InChI is InChI=1S/C25H22N2O4/c1-29-20-12-10-19(11-13-20)27-24(18-7-5-4-6-8-18)26-21(25(27)28)15-17-9-14-22(30-2)23(16-17)31-3/h4-16H,1-3H3/b21-15-. The minimum absolute atomic E-state index is 0.209. The van der Waals surface area contributed by atoms with Crippen molar-refractivity contribution in [3.8, 4) is 17.2 Å². The highest BCUT2D eigenvalue weighted by Gasteiger charge is 2.32. The van der Waals surface area contributed by atoms with Crippen molar-refractivity contribution in [1.82, 2.24) is 0 Å². The minimum atomic E-state index is -0.209. The van der Waals surface area contributed by atoms with Crippen LogP contribution in [-0.2, 0) is 4.79 Å². The van der Waals surface area contributed by atoms with E-state index in [9.17, 15) is 4.79 Å².